The van der Waals surface area contributed by atoms with Gasteiger partial charge in [0.15, 0.2) is 0 Å². The molecular weight excluding hydrogens is 240 g/mol. The fourth-order valence-electron chi connectivity index (χ4n) is 1.85. The van der Waals surface area contributed by atoms with Gasteiger partial charge in [0.25, 0.3) is 10.2 Å². The Bertz CT molecular complexity index is 369. The van der Waals surface area contributed by atoms with Crippen LogP contribution in [-0.2, 0) is 10.2 Å². The van der Waals surface area contributed by atoms with E-state index in [4.69, 9.17) is 11.1 Å². The van der Waals surface area contributed by atoms with Crippen LogP contribution in [-0.4, -0.2) is 37.7 Å². The molecule has 6 nitrogen and oxygen atoms in total. The van der Waals surface area contributed by atoms with Crippen molar-refractivity contribution in [2.75, 3.05) is 13.1 Å². The van der Waals surface area contributed by atoms with Gasteiger partial charge in [-0.25, -0.2) is 4.72 Å². The molecule has 17 heavy (non-hydrogen) atoms. The minimum Gasteiger partial charge on any atom is -0.387 e. The summed E-state index contributed by atoms with van der Waals surface area (Å²) in [5.74, 6) is -0.274. The van der Waals surface area contributed by atoms with E-state index in [-0.39, 0.29) is 24.3 Å². The first-order chi connectivity index (χ1) is 7.84. The third-order valence-electron chi connectivity index (χ3n) is 3.15. The molecule has 1 saturated heterocycles. The van der Waals surface area contributed by atoms with Gasteiger partial charge in [0, 0.05) is 25.0 Å². The highest BCUT2D eigenvalue weighted by atomic mass is 32.2. The summed E-state index contributed by atoms with van der Waals surface area (Å²) in [6.45, 7) is 4.41. The highest BCUT2D eigenvalue weighted by molar-refractivity contribution is 7.87. The lowest BCUT2D eigenvalue weighted by Gasteiger charge is -2.32. The summed E-state index contributed by atoms with van der Waals surface area (Å²) in [5.41, 5.74) is 5.31. The second-order valence-corrected chi connectivity index (χ2v) is 6.37. The quantitative estimate of drug-likeness (QED) is 0.489. The van der Waals surface area contributed by atoms with E-state index in [1.807, 2.05) is 6.92 Å². The van der Waals surface area contributed by atoms with E-state index < -0.39 is 10.2 Å². The van der Waals surface area contributed by atoms with Gasteiger partial charge in [-0.15, -0.1) is 0 Å². The van der Waals surface area contributed by atoms with E-state index in [2.05, 4.69) is 4.72 Å². The number of amidine groups is 1. The van der Waals surface area contributed by atoms with Crippen LogP contribution >= 0.6 is 0 Å². The molecule has 1 aliphatic heterocycles. The molecule has 0 aliphatic carbocycles. The Morgan fingerprint density at radius 3 is 2.76 bits per heavy atom. The van der Waals surface area contributed by atoms with E-state index in [1.165, 1.54) is 4.31 Å². The van der Waals surface area contributed by atoms with Crippen molar-refractivity contribution in [2.45, 2.75) is 39.2 Å². The van der Waals surface area contributed by atoms with Crippen LogP contribution in [0.3, 0.4) is 0 Å². The minimum absolute atomic E-state index is 0.000562. The molecule has 100 valence electrons. The van der Waals surface area contributed by atoms with Crippen molar-refractivity contribution < 1.29 is 8.42 Å². The smallest absolute Gasteiger partial charge is 0.279 e. The number of nitrogens with zero attached hydrogens (tertiary/aromatic N) is 1. The van der Waals surface area contributed by atoms with E-state index in [0.29, 0.717) is 6.54 Å². The zero-order valence-corrected chi connectivity index (χ0v) is 11.3. The van der Waals surface area contributed by atoms with Crippen molar-refractivity contribution in [3.05, 3.63) is 0 Å². The lowest BCUT2D eigenvalue weighted by molar-refractivity contribution is 0.265. The maximum atomic E-state index is 12.0. The van der Waals surface area contributed by atoms with Crippen molar-refractivity contribution in [1.29, 1.82) is 5.41 Å². The third kappa shape index (κ3) is 3.93. The zero-order valence-electron chi connectivity index (χ0n) is 10.4. The Labute approximate surface area is 103 Å². The molecule has 7 heteroatoms. The largest absolute Gasteiger partial charge is 0.387 e. The van der Waals surface area contributed by atoms with Gasteiger partial charge in [0.05, 0.1) is 5.84 Å². The van der Waals surface area contributed by atoms with Crippen molar-refractivity contribution >= 4 is 16.0 Å². The summed E-state index contributed by atoms with van der Waals surface area (Å²) >= 11 is 0. The topological polar surface area (TPSA) is 99.3 Å². The summed E-state index contributed by atoms with van der Waals surface area (Å²) in [5, 5.41) is 7.22. The summed E-state index contributed by atoms with van der Waals surface area (Å²) in [7, 11) is -3.43. The van der Waals surface area contributed by atoms with Crippen LogP contribution in [0.5, 0.6) is 0 Å². The first-order valence-electron chi connectivity index (χ1n) is 5.95. The second kappa shape index (κ2) is 5.79. The fourth-order valence-corrected chi connectivity index (χ4v) is 3.43. The molecule has 0 radical (unpaired) electrons. The van der Waals surface area contributed by atoms with Crippen LogP contribution in [0.1, 0.15) is 33.1 Å². The van der Waals surface area contributed by atoms with E-state index in [9.17, 15) is 8.42 Å². The van der Waals surface area contributed by atoms with Gasteiger partial charge in [-0.3, -0.25) is 5.41 Å². The third-order valence-corrected chi connectivity index (χ3v) is 4.84. The van der Waals surface area contributed by atoms with Gasteiger partial charge in [-0.1, -0.05) is 13.3 Å². The number of nitrogens with two attached hydrogens (primary N) is 1. The van der Waals surface area contributed by atoms with Crippen molar-refractivity contribution in [1.82, 2.24) is 9.03 Å². The van der Waals surface area contributed by atoms with Crippen LogP contribution in [0.15, 0.2) is 0 Å². The molecule has 4 N–H and O–H groups in total. The molecule has 1 heterocycles. The molecular formula is C10H22N4O2S. The second-order valence-electron chi connectivity index (χ2n) is 4.67. The fraction of sp³-hybridized carbons (Fsp3) is 0.900. The van der Waals surface area contributed by atoms with Gasteiger partial charge in [0.1, 0.15) is 0 Å². The molecule has 0 bridgehead atoms. The first kappa shape index (κ1) is 14.4. The molecule has 0 spiro atoms. The normalized spacial score (nSPS) is 24.5. The lowest BCUT2D eigenvalue weighted by atomic mass is 10.1. The highest BCUT2D eigenvalue weighted by Gasteiger charge is 2.29. The number of hydrogen-bond donors (Lipinski definition) is 3. The van der Waals surface area contributed by atoms with Gasteiger partial charge in [-0.05, 0) is 19.8 Å². The standard InChI is InChI=1S/C10H22N4O2S/c1-8(10(11)12)7-13-17(15,16)14-6-4-3-5-9(14)2/h8-9,13H,3-7H2,1-2H3,(H3,11,12). The van der Waals surface area contributed by atoms with E-state index in [1.54, 1.807) is 6.92 Å². The highest BCUT2D eigenvalue weighted by Crippen LogP contribution is 2.18. The minimum atomic E-state index is -3.43. The van der Waals surface area contributed by atoms with E-state index in [0.717, 1.165) is 19.3 Å². The number of piperidine rings is 1. The Balaban J connectivity index is 2.58. The summed E-state index contributed by atoms with van der Waals surface area (Å²) < 4.78 is 28.1. The molecule has 0 amide bonds. The van der Waals surface area contributed by atoms with Crippen molar-refractivity contribution in [3.63, 3.8) is 0 Å². The van der Waals surface area contributed by atoms with Crippen LogP contribution in [0, 0.1) is 11.3 Å². The summed E-state index contributed by atoms with van der Waals surface area (Å²) in [6, 6.07) is 0.0499. The average Bonchev–Trinajstić information content (AvgIpc) is 2.26. The predicted octanol–water partition coefficient (Wildman–Crippen LogP) is 0.267. The molecule has 2 unspecified atom stereocenters. The van der Waals surface area contributed by atoms with Crippen LogP contribution in [0.25, 0.3) is 0 Å². The summed E-state index contributed by atoms with van der Waals surface area (Å²) in [6.07, 6.45) is 2.90. The maximum Gasteiger partial charge on any atom is 0.279 e. The van der Waals surface area contributed by atoms with Crippen LogP contribution in [0.2, 0.25) is 0 Å². The maximum absolute atomic E-state index is 12.0. The molecule has 1 fully saturated rings. The van der Waals surface area contributed by atoms with Gasteiger partial charge in [0.2, 0.25) is 0 Å². The molecule has 2 atom stereocenters. The number of rotatable bonds is 5. The van der Waals surface area contributed by atoms with Gasteiger partial charge < -0.3 is 5.73 Å². The molecule has 1 aliphatic rings. The Hall–Kier alpha value is -0.660. The first-order valence-corrected chi connectivity index (χ1v) is 7.39. The molecule has 0 aromatic rings. The van der Waals surface area contributed by atoms with Crippen LogP contribution in [0.4, 0.5) is 0 Å². The van der Waals surface area contributed by atoms with Crippen LogP contribution < -0.4 is 10.5 Å². The Morgan fingerprint density at radius 1 is 1.59 bits per heavy atom. The van der Waals surface area contributed by atoms with Crippen molar-refractivity contribution in [3.8, 4) is 0 Å². The lowest BCUT2D eigenvalue weighted by Crippen LogP contribution is -2.49. The predicted molar refractivity (Wildman–Crippen MR) is 68.0 cm³/mol. The zero-order chi connectivity index (χ0) is 13.1. The number of nitrogens with one attached hydrogen (secondary N) is 2. The monoisotopic (exact) mass is 262 g/mol. The van der Waals surface area contributed by atoms with Gasteiger partial charge in [-0.2, -0.15) is 12.7 Å². The van der Waals surface area contributed by atoms with Gasteiger partial charge >= 0.3 is 0 Å². The Kier molecular flexibility index (Phi) is 4.91. The molecule has 0 aromatic heterocycles. The molecule has 1 rings (SSSR count). The molecule has 0 saturated carbocycles. The molecule has 0 aromatic carbocycles. The SMILES string of the molecule is CC(CNS(=O)(=O)N1CCCCC1C)C(=N)N. The van der Waals surface area contributed by atoms with E-state index >= 15 is 0 Å². The summed E-state index contributed by atoms with van der Waals surface area (Å²) in [4.78, 5) is 0. The Morgan fingerprint density at radius 2 is 2.24 bits per heavy atom. The number of hydrogen-bond acceptors (Lipinski definition) is 3. The van der Waals surface area contributed by atoms with Crippen molar-refractivity contribution in [2.24, 2.45) is 11.7 Å². The average molecular weight is 262 g/mol.